The lowest BCUT2D eigenvalue weighted by Crippen LogP contribution is -2.24. The van der Waals surface area contributed by atoms with E-state index in [1.165, 1.54) is 25.1 Å². The van der Waals surface area contributed by atoms with E-state index in [-0.39, 0.29) is 12.1 Å². The number of aryl methyl sites for hydroxylation is 1. The molecule has 0 bridgehead atoms. The molecule has 0 saturated carbocycles. The number of nitrogens with one attached hydrogen (secondary N) is 1. The number of ether oxygens (including phenoxy) is 2. The molecule has 5 nitrogen and oxygen atoms in total. The second-order valence-corrected chi connectivity index (χ2v) is 7.75. The summed E-state index contributed by atoms with van der Waals surface area (Å²) in [7, 11) is 0. The summed E-state index contributed by atoms with van der Waals surface area (Å²) < 4.78 is 82.6. The number of rotatable bonds is 8. The van der Waals surface area contributed by atoms with Gasteiger partial charge in [0.05, 0.1) is 5.92 Å². The Hall–Kier alpha value is -4.02. The maximum absolute atomic E-state index is 13.2. The number of halogens is 6. The van der Waals surface area contributed by atoms with Crippen LogP contribution in [0.4, 0.5) is 32.0 Å². The Morgan fingerprint density at radius 3 is 1.94 bits per heavy atom. The van der Waals surface area contributed by atoms with Gasteiger partial charge in [-0.25, -0.2) is 0 Å². The molecule has 0 heterocycles. The van der Waals surface area contributed by atoms with Crippen LogP contribution < -0.4 is 14.8 Å². The van der Waals surface area contributed by atoms with Crippen LogP contribution in [0.2, 0.25) is 0 Å². The Kier molecular flexibility index (Phi) is 7.91. The number of hydrogen-bond acceptors (Lipinski definition) is 4. The molecule has 0 fully saturated rings. The zero-order valence-electron chi connectivity index (χ0n) is 18.6. The fourth-order valence-corrected chi connectivity index (χ4v) is 3.43. The van der Waals surface area contributed by atoms with E-state index in [2.05, 4.69) is 14.8 Å². The van der Waals surface area contributed by atoms with Crippen LogP contribution in [0.5, 0.6) is 11.5 Å². The molecule has 3 aromatic rings. The summed E-state index contributed by atoms with van der Waals surface area (Å²) >= 11 is 0. The number of anilines is 1. The molecule has 3 rings (SSSR count). The van der Waals surface area contributed by atoms with E-state index in [4.69, 9.17) is 0 Å². The van der Waals surface area contributed by atoms with Gasteiger partial charge in [0, 0.05) is 11.3 Å². The van der Waals surface area contributed by atoms with Gasteiger partial charge in [0.2, 0.25) is 5.91 Å². The van der Waals surface area contributed by atoms with Crippen molar-refractivity contribution in [3.05, 3.63) is 89.0 Å². The molecule has 0 aromatic heterocycles. The molecule has 36 heavy (non-hydrogen) atoms. The van der Waals surface area contributed by atoms with Crippen molar-refractivity contribution in [1.29, 1.82) is 0 Å². The lowest BCUT2D eigenvalue weighted by atomic mass is 9.90. The molecule has 0 aliphatic carbocycles. The lowest BCUT2D eigenvalue weighted by Gasteiger charge is -2.19. The van der Waals surface area contributed by atoms with Gasteiger partial charge < -0.3 is 14.8 Å². The second kappa shape index (κ2) is 10.7. The van der Waals surface area contributed by atoms with Crippen LogP contribution in [0.15, 0.2) is 66.7 Å². The quantitative estimate of drug-likeness (QED) is 0.275. The Balaban J connectivity index is 1.87. The predicted molar refractivity (Wildman–Crippen MR) is 118 cm³/mol. The minimum absolute atomic E-state index is 0.124. The maximum Gasteiger partial charge on any atom is 0.573 e. The van der Waals surface area contributed by atoms with Crippen molar-refractivity contribution < 1.29 is 45.4 Å². The molecule has 1 N–H and O–H groups in total. The third-order valence-corrected chi connectivity index (χ3v) is 5.08. The van der Waals surface area contributed by atoms with Crippen molar-refractivity contribution in [2.24, 2.45) is 0 Å². The zero-order chi connectivity index (χ0) is 26.5. The predicted octanol–water partition coefficient (Wildman–Crippen LogP) is 6.57. The largest absolute Gasteiger partial charge is 0.573 e. The summed E-state index contributed by atoms with van der Waals surface area (Å²) in [6.07, 6.45) is -8.97. The van der Waals surface area contributed by atoms with Crippen molar-refractivity contribution in [2.75, 3.05) is 5.32 Å². The van der Waals surface area contributed by atoms with E-state index >= 15 is 0 Å². The highest BCUT2D eigenvalue weighted by Gasteiger charge is 2.32. The van der Waals surface area contributed by atoms with Crippen LogP contribution in [0.25, 0.3) is 0 Å². The van der Waals surface area contributed by atoms with E-state index in [0.717, 1.165) is 24.3 Å². The second-order valence-electron chi connectivity index (χ2n) is 7.75. The zero-order valence-corrected chi connectivity index (χ0v) is 18.6. The Morgan fingerprint density at radius 2 is 1.42 bits per heavy atom. The highest BCUT2D eigenvalue weighted by Crippen LogP contribution is 2.30. The molecule has 11 heteroatoms. The van der Waals surface area contributed by atoms with Gasteiger partial charge in [-0.2, -0.15) is 0 Å². The Morgan fingerprint density at radius 1 is 0.861 bits per heavy atom. The summed E-state index contributed by atoms with van der Waals surface area (Å²) in [5, 5.41) is 2.65. The first kappa shape index (κ1) is 26.6. The average molecular weight is 511 g/mol. The van der Waals surface area contributed by atoms with E-state index in [0.29, 0.717) is 28.5 Å². The highest BCUT2D eigenvalue weighted by molar-refractivity contribution is 5.96. The Labute approximate surface area is 201 Å². The van der Waals surface area contributed by atoms with Gasteiger partial charge in [-0.3, -0.25) is 9.59 Å². The van der Waals surface area contributed by atoms with Gasteiger partial charge in [-0.15, -0.1) is 26.3 Å². The van der Waals surface area contributed by atoms with Crippen molar-refractivity contribution in [2.45, 2.75) is 32.0 Å². The third-order valence-electron chi connectivity index (χ3n) is 5.08. The number of amides is 1. The molecule has 3 aromatic carbocycles. The van der Waals surface area contributed by atoms with Crippen LogP contribution in [0.3, 0.4) is 0 Å². The van der Waals surface area contributed by atoms with E-state index in [9.17, 15) is 35.9 Å². The molecule has 0 saturated heterocycles. The fourth-order valence-electron chi connectivity index (χ4n) is 3.43. The standard InChI is InChI=1S/C25H19F6NO4/c1-15-12-20(36-25(29,30)31)10-11-22(15)32-23(34)21(13-16-2-4-17(14-33)5-3-16)18-6-8-19(9-7-18)35-24(26,27)28/h2-12,14,21H,13H2,1H3,(H,32,34)/t21-/m0/s1. The van der Waals surface area contributed by atoms with Gasteiger partial charge in [-0.05, 0) is 60.4 Å². The van der Waals surface area contributed by atoms with Crippen LogP contribution in [-0.2, 0) is 11.2 Å². The number of alkyl halides is 6. The van der Waals surface area contributed by atoms with Gasteiger partial charge in [0.1, 0.15) is 17.8 Å². The fraction of sp³-hybridized carbons (Fsp3) is 0.200. The minimum Gasteiger partial charge on any atom is -0.406 e. The van der Waals surface area contributed by atoms with Crippen molar-refractivity contribution in [3.63, 3.8) is 0 Å². The molecule has 0 aliphatic heterocycles. The van der Waals surface area contributed by atoms with E-state index in [1.54, 1.807) is 24.3 Å². The van der Waals surface area contributed by atoms with Gasteiger partial charge in [0.25, 0.3) is 0 Å². The summed E-state index contributed by atoms with van der Waals surface area (Å²) in [5.41, 5.74) is 1.99. The van der Waals surface area contributed by atoms with E-state index in [1.807, 2.05) is 0 Å². The third kappa shape index (κ3) is 7.76. The first-order chi connectivity index (χ1) is 16.8. The molecule has 1 amide bonds. The van der Waals surface area contributed by atoms with Crippen LogP contribution >= 0.6 is 0 Å². The van der Waals surface area contributed by atoms with E-state index < -0.39 is 36.0 Å². The number of carbonyl (C=O) groups excluding carboxylic acids is 2. The van der Waals surface area contributed by atoms with Crippen molar-refractivity contribution >= 4 is 17.9 Å². The van der Waals surface area contributed by atoms with Crippen LogP contribution in [0.1, 0.15) is 33.0 Å². The molecule has 0 aliphatic rings. The van der Waals surface area contributed by atoms with Gasteiger partial charge in [-0.1, -0.05) is 36.4 Å². The molecule has 0 spiro atoms. The smallest absolute Gasteiger partial charge is 0.406 e. The highest BCUT2D eigenvalue weighted by atomic mass is 19.4. The summed E-state index contributed by atoms with van der Waals surface area (Å²) in [5.74, 6) is -2.36. The molecule has 0 radical (unpaired) electrons. The topological polar surface area (TPSA) is 64.6 Å². The molecule has 1 atom stereocenters. The average Bonchev–Trinajstić information content (AvgIpc) is 2.78. The summed E-state index contributed by atoms with van der Waals surface area (Å²) in [6.45, 7) is 1.48. The number of aldehydes is 1. The SMILES string of the molecule is Cc1cc(OC(F)(F)F)ccc1NC(=O)[C@@H](Cc1ccc(C=O)cc1)c1ccc(OC(F)(F)F)cc1. The molecular weight excluding hydrogens is 492 g/mol. The molecule has 190 valence electrons. The van der Waals surface area contributed by atoms with Crippen molar-refractivity contribution in [1.82, 2.24) is 0 Å². The monoisotopic (exact) mass is 511 g/mol. The lowest BCUT2D eigenvalue weighted by molar-refractivity contribution is -0.275. The number of carbonyl (C=O) groups is 2. The summed E-state index contributed by atoms with van der Waals surface area (Å²) in [6, 6.07) is 14.6. The Bertz CT molecular complexity index is 1210. The number of benzene rings is 3. The number of hydrogen-bond donors (Lipinski definition) is 1. The molecular formula is C25H19F6NO4. The van der Waals surface area contributed by atoms with Crippen LogP contribution in [0, 0.1) is 6.92 Å². The van der Waals surface area contributed by atoms with Crippen molar-refractivity contribution in [3.8, 4) is 11.5 Å². The van der Waals surface area contributed by atoms with Crippen LogP contribution in [-0.4, -0.2) is 24.9 Å². The maximum atomic E-state index is 13.2. The first-order valence-corrected chi connectivity index (χ1v) is 10.4. The normalized spacial score (nSPS) is 12.5. The van der Waals surface area contributed by atoms with Gasteiger partial charge >= 0.3 is 12.7 Å². The summed E-state index contributed by atoms with van der Waals surface area (Å²) in [4.78, 5) is 24.1. The van der Waals surface area contributed by atoms with Gasteiger partial charge in [0.15, 0.2) is 0 Å². The minimum atomic E-state index is -4.88. The first-order valence-electron chi connectivity index (χ1n) is 10.4. The molecule has 0 unspecified atom stereocenters.